The van der Waals surface area contributed by atoms with Gasteiger partial charge >= 0.3 is 0 Å². The zero-order valence-corrected chi connectivity index (χ0v) is 11.0. The van der Waals surface area contributed by atoms with Crippen LogP contribution in [-0.4, -0.2) is 36.6 Å². The molecule has 0 spiro atoms. The Balaban J connectivity index is 1.62. The summed E-state index contributed by atoms with van der Waals surface area (Å²) in [6, 6.07) is 1.64. The predicted octanol–water partition coefficient (Wildman–Crippen LogP) is 2.64. The first-order chi connectivity index (χ1) is 7.79. The van der Waals surface area contributed by atoms with Crippen molar-refractivity contribution in [3.05, 3.63) is 0 Å². The molecule has 0 radical (unpaired) electrons. The summed E-state index contributed by atoms with van der Waals surface area (Å²) in [6.45, 7) is 8.58. The highest BCUT2D eigenvalue weighted by atomic mass is 15.2. The Labute approximate surface area is 101 Å². The van der Waals surface area contributed by atoms with Gasteiger partial charge in [0.2, 0.25) is 0 Å². The minimum Gasteiger partial charge on any atom is -0.314 e. The minimum absolute atomic E-state index is 0.770. The third kappa shape index (κ3) is 4.42. The lowest BCUT2D eigenvalue weighted by atomic mass is 10.1. The average Bonchev–Trinajstić information content (AvgIpc) is 3.12. The molecule has 2 heteroatoms. The Bertz CT molecular complexity index is 197. The standard InChI is InChI=1S/C14H28N2/c1-3-10-16(11-13-4-5-13)12(2)8-9-15-14-6-7-14/h12-15H,3-11H2,1-2H3. The normalized spacial score (nSPS) is 22.7. The van der Waals surface area contributed by atoms with Crippen LogP contribution in [0.5, 0.6) is 0 Å². The van der Waals surface area contributed by atoms with Gasteiger partial charge in [-0.1, -0.05) is 6.92 Å². The van der Waals surface area contributed by atoms with Gasteiger partial charge in [0.25, 0.3) is 0 Å². The van der Waals surface area contributed by atoms with E-state index < -0.39 is 0 Å². The predicted molar refractivity (Wildman–Crippen MR) is 69.7 cm³/mol. The topological polar surface area (TPSA) is 15.3 Å². The van der Waals surface area contributed by atoms with Crippen molar-refractivity contribution in [1.82, 2.24) is 10.2 Å². The van der Waals surface area contributed by atoms with E-state index in [0.717, 1.165) is 18.0 Å². The Morgan fingerprint density at radius 3 is 2.56 bits per heavy atom. The van der Waals surface area contributed by atoms with E-state index in [9.17, 15) is 0 Å². The lowest BCUT2D eigenvalue weighted by Gasteiger charge is -2.29. The summed E-state index contributed by atoms with van der Waals surface area (Å²) >= 11 is 0. The zero-order chi connectivity index (χ0) is 11.4. The quantitative estimate of drug-likeness (QED) is 0.648. The van der Waals surface area contributed by atoms with Crippen LogP contribution in [0.15, 0.2) is 0 Å². The van der Waals surface area contributed by atoms with E-state index in [1.807, 2.05) is 0 Å². The number of nitrogens with one attached hydrogen (secondary N) is 1. The molecule has 2 aliphatic rings. The van der Waals surface area contributed by atoms with Crippen molar-refractivity contribution in [2.24, 2.45) is 5.92 Å². The summed E-state index contributed by atoms with van der Waals surface area (Å²) in [5.41, 5.74) is 0. The van der Waals surface area contributed by atoms with E-state index in [0.29, 0.717) is 0 Å². The van der Waals surface area contributed by atoms with Crippen molar-refractivity contribution in [3.63, 3.8) is 0 Å². The maximum Gasteiger partial charge on any atom is 0.00791 e. The molecule has 16 heavy (non-hydrogen) atoms. The molecule has 1 N–H and O–H groups in total. The fourth-order valence-corrected chi connectivity index (χ4v) is 2.38. The molecule has 0 aromatic carbocycles. The molecule has 94 valence electrons. The molecule has 2 saturated carbocycles. The fraction of sp³-hybridized carbons (Fsp3) is 1.00. The first-order valence-electron chi connectivity index (χ1n) is 7.27. The molecule has 1 atom stereocenters. The van der Waals surface area contributed by atoms with Crippen LogP contribution in [0, 0.1) is 5.92 Å². The fourth-order valence-electron chi connectivity index (χ4n) is 2.38. The summed E-state index contributed by atoms with van der Waals surface area (Å²) in [6.07, 6.45) is 8.40. The number of rotatable bonds is 9. The third-order valence-electron chi connectivity index (χ3n) is 3.90. The summed E-state index contributed by atoms with van der Waals surface area (Å²) in [7, 11) is 0. The zero-order valence-electron chi connectivity index (χ0n) is 11.0. The van der Waals surface area contributed by atoms with Gasteiger partial charge in [-0.2, -0.15) is 0 Å². The second-order valence-corrected chi connectivity index (χ2v) is 5.80. The molecule has 0 heterocycles. The van der Waals surface area contributed by atoms with Gasteiger partial charge in [-0.25, -0.2) is 0 Å². The van der Waals surface area contributed by atoms with Crippen molar-refractivity contribution >= 4 is 0 Å². The van der Waals surface area contributed by atoms with Crippen LogP contribution in [0.4, 0.5) is 0 Å². The largest absolute Gasteiger partial charge is 0.314 e. The van der Waals surface area contributed by atoms with Crippen LogP contribution >= 0.6 is 0 Å². The smallest absolute Gasteiger partial charge is 0.00791 e. The Morgan fingerprint density at radius 1 is 1.25 bits per heavy atom. The molecule has 0 bridgehead atoms. The molecule has 0 aliphatic heterocycles. The van der Waals surface area contributed by atoms with E-state index >= 15 is 0 Å². The van der Waals surface area contributed by atoms with E-state index in [2.05, 4.69) is 24.1 Å². The lowest BCUT2D eigenvalue weighted by Crippen LogP contribution is -2.37. The van der Waals surface area contributed by atoms with Gasteiger partial charge in [-0.3, -0.25) is 0 Å². The highest BCUT2D eigenvalue weighted by Crippen LogP contribution is 2.30. The van der Waals surface area contributed by atoms with E-state index in [1.165, 1.54) is 58.2 Å². The minimum atomic E-state index is 0.770. The van der Waals surface area contributed by atoms with Crippen molar-refractivity contribution in [1.29, 1.82) is 0 Å². The van der Waals surface area contributed by atoms with Crippen LogP contribution < -0.4 is 5.32 Å². The SMILES string of the molecule is CCCN(CC1CC1)C(C)CCNC1CC1. The molecule has 2 aliphatic carbocycles. The van der Waals surface area contributed by atoms with Gasteiger partial charge in [0.15, 0.2) is 0 Å². The molecular weight excluding hydrogens is 196 g/mol. The van der Waals surface area contributed by atoms with Crippen LogP contribution in [0.1, 0.15) is 52.4 Å². The third-order valence-corrected chi connectivity index (χ3v) is 3.90. The average molecular weight is 224 g/mol. The number of hydrogen-bond acceptors (Lipinski definition) is 2. The van der Waals surface area contributed by atoms with Crippen molar-refractivity contribution < 1.29 is 0 Å². The van der Waals surface area contributed by atoms with Crippen molar-refractivity contribution in [3.8, 4) is 0 Å². The van der Waals surface area contributed by atoms with Crippen molar-refractivity contribution in [2.45, 2.75) is 64.5 Å². The number of hydrogen-bond donors (Lipinski definition) is 1. The molecule has 2 rings (SSSR count). The molecule has 1 unspecified atom stereocenters. The van der Waals surface area contributed by atoms with Crippen LogP contribution in [0.3, 0.4) is 0 Å². The van der Waals surface area contributed by atoms with Crippen molar-refractivity contribution in [2.75, 3.05) is 19.6 Å². The van der Waals surface area contributed by atoms with Gasteiger partial charge in [-0.15, -0.1) is 0 Å². The van der Waals surface area contributed by atoms with Crippen LogP contribution in [0.2, 0.25) is 0 Å². The van der Waals surface area contributed by atoms with Crippen LogP contribution in [0.25, 0.3) is 0 Å². The molecule has 0 amide bonds. The first-order valence-corrected chi connectivity index (χ1v) is 7.27. The number of nitrogens with zero attached hydrogens (tertiary/aromatic N) is 1. The lowest BCUT2D eigenvalue weighted by molar-refractivity contribution is 0.190. The highest BCUT2D eigenvalue weighted by Gasteiger charge is 2.26. The molecule has 2 nitrogen and oxygen atoms in total. The van der Waals surface area contributed by atoms with E-state index in [1.54, 1.807) is 0 Å². The molecule has 0 aromatic rings. The Hall–Kier alpha value is -0.0800. The maximum absolute atomic E-state index is 3.63. The molecular formula is C14H28N2. The summed E-state index contributed by atoms with van der Waals surface area (Å²) in [5.74, 6) is 1.03. The van der Waals surface area contributed by atoms with Gasteiger partial charge in [0.1, 0.15) is 0 Å². The Morgan fingerprint density at radius 2 is 2.00 bits per heavy atom. The molecule has 0 saturated heterocycles. The van der Waals surface area contributed by atoms with E-state index in [4.69, 9.17) is 0 Å². The summed E-state index contributed by atoms with van der Waals surface area (Å²) in [5, 5.41) is 3.63. The monoisotopic (exact) mass is 224 g/mol. The second kappa shape index (κ2) is 6.02. The molecule has 0 aromatic heterocycles. The first kappa shape index (κ1) is 12.4. The Kier molecular flexibility index (Phi) is 4.66. The second-order valence-electron chi connectivity index (χ2n) is 5.80. The van der Waals surface area contributed by atoms with Gasteiger partial charge in [0, 0.05) is 18.6 Å². The molecule has 2 fully saturated rings. The maximum atomic E-state index is 3.63. The van der Waals surface area contributed by atoms with E-state index in [-0.39, 0.29) is 0 Å². The summed E-state index contributed by atoms with van der Waals surface area (Å²) < 4.78 is 0. The van der Waals surface area contributed by atoms with Gasteiger partial charge in [0.05, 0.1) is 0 Å². The van der Waals surface area contributed by atoms with Gasteiger partial charge < -0.3 is 10.2 Å². The van der Waals surface area contributed by atoms with Gasteiger partial charge in [-0.05, 0) is 64.5 Å². The highest BCUT2D eigenvalue weighted by molar-refractivity contribution is 4.83. The van der Waals surface area contributed by atoms with Crippen LogP contribution in [-0.2, 0) is 0 Å². The summed E-state index contributed by atoms with van der Waals surface area (Å²) in [4.78, 5) is 2.71.